The number of urea groups is 1. The minimum Gasteiger partial charge on any atom is -0.309 e. The topological polar surface area (TPSA) is 39.7 Å². The van der Waals surface area contributed by atoms with E-state index in [2.05, 4.69) is 50.5 Å². The molecule has 0 radical (unpaired) electrons. The maximum atomic E-state index is 13.1. The standard InChI is InChI=1S/C19H32N4OS/c1-7-9-17-16(8-2)18(25-20-17)23-13-21(11-10-14(3)4)12-22(15(5)6)19(23)24/h15H,3,7-13H2,1-2,4-6H3. The first-order valence-electron chi connectivity index (χ1n) is 9.31. The van der Waals surface area contributed by atoms with E-state index in [-0.39, 0.29) is 12.1 Å². The van der Waals surface area contributed by atoms with E-state index in [1.807, 2.05) is 9.80 Å². The number of hydrogen-bond donors (Lipinski definition) is 0. The third kappa shape index (κ3) is 4.61. The van der Waals surface area contributed by atoms with Gasteiger partial charge in [0.2, 0.25) is 0 Å². The Hall–Kier alpha value is -1.40. The zero-order valence-electron chi connectivity index (χ0n) is 16.3. The zero-order valence-corrected chi connectivity index (χ0v) is 17.2. The van der Waals surface area contributed by atoms with Crippen LogP contribution in [0.4, 0.5) is 9.80 Å². The molecule has 0 unspecified atom stereocenters. The molecule has 0 spiro atoms. The number of hydrogen-bond acceptors (Lipinski definition) is 4. The second-order valence-corrected chi connectivity index (χ2v) is 7.93. The summed E-state index contributed by atoms with van der Waals surface area (Å²) in [6.45, 7) is 16.8. The van der Waals surface area contributed by atoms with Gasteiger partial charge in [-0.15, -0.1) is 6.58 Å². The minimum absolute atomic E-state index is 0.1000. The van der Waals surface area contributed by atoms with E-state index in [1.165, 1.54) is 22.7 Å². The van der Waals surface area contributed by atoms with Gasteiger partial charge in [-0.1, -0.05) is 25.8 Å². The van der Waals surface area contributed by atoms with E-state index in [1.54, 1.807) is 0 Å². The molecule has 1 aromatic heterocycles. The molecular formula is C19H32N4OS. The monoisotopic (exact) mass is 364 g/mol. The van der Waals surface area contributed by atoms with E-state index < -0.39 is 0 Å². The normalized spacial score (nSPS) is 16.2. The van der Waals surface area contributed by atoms with E-state index in [0.29, 0.717) is 13.3 Å². The fourth-order valence-corrected chi connectivity index (χ4v) is 4.10. The number of carbonyl (C=O) groups is 1. The van der Waals surface area contributed by atoms with Gasteiger partial charge in [0.15, 0.2) is 0 Å². The van der Waals surface area contributed by atoms with Crippen LogP contribution < -0.4 is 4.90 Å². The number of rotatable bonds is 8. The van der Waals surface area contributed by atoms with Crippen LogP contribution in [0.5, 0.6) is 0 Å². The number of carbonyl (C=O) groups excluding carboxylic acids is 1. The van der Waals surface area contributed by atoms with E-state index in [0.717, 1.165) is 42.9 Å². The van der Waals surface area contributed by atoms with Crippen molar-refractivity contribution < 1.29 is 4.79 Å². The molecule has 25 heavy (non-hydrogen) atoms. The number of amides is 2. The molecule has 2 heterocycles. The molecule has 0 atom stereocenters. The summed E-state index contributed by atoms with van der Waals surface area (Å²) in [5.41, 5.74) is 3.58. The Morgan fingerprint density at radius 1 is 1.32 bits per heavy atom. The molecule has 2 amide bonds. The lowest BCUT2D eigenvalue weighted by molar-refractivity contribution is 0.0988. The molecule has 140 valence electrons. The largest absolute Gasteiger partial charge is 0.327 e. The van der Waals surface area contributed by atoms with Crippen LogP contribution in [-0.2, 0) is 12.8 Å². The average molecular weight is 365 g/mol. The Labute approximate surface area is 156 Å². The minimum atomic E-state index is 0.1000. The summed E-state index contributed by atoms with van der Waals surface area (Å²) >= 11 is 1.48. The maximum Gasteiger partial charge on any atom is 0.327 e. The summed E-state index contributed by atoms with van der Waals surface area (Å²) in [7, 11) is 0. The molecule has 1 aromatic rings. The molecule has 1 aliphatic rings. The number of aryl methyl sites for hydroxylation is 1. The van der Waals surface area contributed by atoms with E-state index in [9.17, 15) is 4.79 Å². The molecule has 5 nitrogen and oxygen atoms in total. The third-order valence-electron chi connectivity index (χ3n) is 4.58. The van der Waals surface area contributed by atoms with Gasteiger partial charge in [-0.2, -0.15) is 4.37 Å². The first-order valence-corrected chi connectivity index (χ1v) is 10.1. The maximum absolute atomic E-state index is 13.1. The van der Waals surface area contributed by atoms with Gasteiger partial charge in [-0.3, -0.25) is 9.80 Å². The van der Waals surface area contributed by atoms with Gasteiger partial charge < -0.3 is 4.90 Å². The Morgan fingerprint density at radius 2 is 2.04 bits per heavy atom. The summed E-state index contributed by atoms with van der Waals surface area (Å²) in [5.74, 6) is 0. The molecule has 0 bridgehead atoms. The van der Waals surface area contributed by atoms with Crippen LogP contribution in [0.25, 0.3) is 0 Å². The van der Waals surface area contributed by atoms with Crippen molar-refractivity contribution in [1.82, 2.24) is 14.2 Å². The summed E-state index contributed by atoms with van der Waals surface area (Å²) in [6, 6.07) is 0.277. The highest BCUT2D eigenvalue weighted by molar-refractivity contribution is 7.10. The summed E-state index contributed by atoms with van der Waals surface area (Å²) in [5, 5.41) is 1.03. The highest BCUT2D eigenvalue weighted by Crippen LogP contribution is 2.33. The summed E-state index contributed by atoms with van der Waals surface area (Å²) < 4.78 is 4.65. The SMILES string of the molecule is C=C(C)CCN1CN(c2snc(CCC)c2CC)C(=O)N(C(C)C)C1. The predicted octanol–water partition coefficient (Wildman–Crippen LogP) is 4.49. The summed E-state index contributed by atoms with van der Waals surface area (Å²) in [4.78, 5) is 19.3. The smallest absolute Gasteiger partial charge is 0.309 e. The highest BCUT2D eigenvalue weighted by atomic mass is 32.1. The molecular weight excluding hydrogens is 332 g/mol. The molecule has 0 saturated carbocycles. The van der Waals surface area contributed by atoms with Crippen LogP contribution in [0, 0.1) is 0 Å². The lowest BCUT2D eigenvalue weighted by Crippen LogP contribution is -2.60. The van der Waals surface area contributed by atoms with E-state index >= 15 is 0 Å². The van der Waals surface area contributed by atoms with Gasteiger partial charge in [0.25, 0.3) is 0 Å². The summed E-state index contributed by atoms with van der Waals surface area (Å²) in [6.07, 6.45) is 3.93. The van der Waals surface area contributed by atoms with Crippen molar-refractivity contribution in [2.45, 2.75) is 66.3 Å². The second kappa shape index (κ2) is 8.81. The molecule has 6 heteroatoms. The fraction of sp³-hybridized carbons (Fsp3) is 0.684. The van der Waals surface area contributed by atoms with Crippen molar-refractivity contribution in [1.29, 1.82) is 0 Å². The number of nitrogens with zero attached hydrogens (tertiary/aromatic N) is 4. The van der Waals surface area contributed by atoms with Crippen LogP contribution in [0.1, 0.15) is 58.7 Å². The second-order valence-electron chi connectivity index (χ2n) is 7.18. The van der Waals surface area contributed by atoms with Crippen LogP contribution in [0.15, 0.2) is 12.2 Å². The van der Waals surface area contributed by atoms with Gasteiger partial charge in [-0.25, -0.2) is 4.79 Å². The van der Waals surface area contributed by atoms with Crippen LogP contribution in [-0.4, -0.2) is 46.1 Å². The third-order valence-corrected chi connectivity index (χ3v) is 5.53. The van der Waals surface area contributed by atoms with Crippen molar-refractivity contribution in [2.24, 2.45) is 0 Å². The first kappa shape index (κ1) is 19.9. The average Bonchev–Trinajstić information content (AvgIpc) is 2.96. The predicted molar refractivity (Wildman–Crippen MR) is 106 cm³/mol. The molecule has 1 fully saturated rings. The van der Waals surface area contributed by atoms with Gasteiger partial charge in [-0.05, 0) is 51.6 Å². The Kier molecular flexibility index (Phi) is 7.02. The number of aromatic nitrogens is 1. The van der Waals surface area contributed by atoms with Gasteiger partial charge in [0.05, 0.1) is 19.0 Å². The highest BCUT2D eigenvalue weighted by Gasteiger charge is 2.34. The molecule has 0 N–H and O–H groups in total. The Bertz CT molecular complexity index is 611. The Morgan fingerprint density at radius 3 is 2.60 bits per heavy atom. The van der Waals surface area contributed by atoms with Crippen LogP contribution in [0.2, 0.25) is 0 Å². The van der Waals surface area contributed by atoms with Gasteiger partial charge in [0.1, 0.15) is 5.00 Å². The van der Waals surface area contributed by atoms with Crippen molar-refractivity contribution in [3.8, 4) is 0 Å². The molecule has 0 aromatic carbocycles. The molecule has 2 rings (SSSR count). The van der Waals surface area contributed by atoms with Gasteiger partial charge >= 0.3 is 6.03 Å². The van der Waals surface area contributed by atoms with Crippen LogP contribution >= 0.6 is 11.5 Å². The van der Waals surface area contributed by atoms with E-state index in [4.69, 9.17) is 0 Å². The van der Waals surface area contributed by atoms with Crippen molar-refractivity contribution >= 4 is 22.6 Å². The van der Waals surface area contributed by atoms with Crippen molar-refractivity contribution in [3.05, 3.63) is 23.4 Å². The first-order chi connectivity index (χ1) is 11.9. The molecule has 1 aliphatic heterocycles. The molecule has 1 saturated heterocycles. The van der Waals surface area contributed by atoms with Gasteiger partial charge in [0, 0.05) is 18.2 Å². The molecule has 0 aliphatic carbocycles. The number of anilines is 1. The fourth-order valence-electron chi connectivity index (χ4n) is 3.09. The lowest BCUT2D eigenvalue weighted by Gasteiger charge is -2.43. The Balaban J connectivity index is 2.30. The zero-order chi connectivity index (χ0) is 18.6. The van der Waals surface area contributed by atoms with Crippen molar-refractivity contribution in [2.75, 3.05) is 24.8 Å². The quantitative estimate of drug-likeness (QED) is 0.638. The van der Waals surface area contributed by atoms with Crippen LogP contribution in [0.3, 0.4) is 0 Å². The lowest BCUT2D eigenvalue weighted by atomic mass is 10.1. The van der Waals surface area contributed by atoms with Crippen molar-refractivity contribution in [3.63, 3.8) is 0 Å².